The standard InChI is InChI=1S/C23H28F3NO2S/c1-22(2)11-9-18-17(13-22)19(21(28)29)20(30-18)16-8-5-4-7-15(16)14-27(3)12-6-10-23(24,25)26/h4-5,7-8H,6,9-14H2,1-3H3,(H,28,29). The van der Waals surface area contributed by atoms with Gasteiger partial charge in [-0.2, -0.15) is 13.2 Å². The minimum Gasteiger partial charge on any atom is -0.478 e. The first-order valence-electron chi connectivity index (χ1n) is 10.2. The van der Waals surface area contributed by atoms with Crippen molar-refractivity contribution in [3.8, 4) is 10.4 Å². The summed E-state index contributed by atoms with van der Waals surface area (Å²) >= 11 is 1.56. The molecule has 1 aromatic carbocycles. The molecule has 1 heterocycles. The molecule has 1 aliphatic carbocycles. The van der Waals surface area contributed by atoms with Crippen molar-refractivity contribution in [2.45, 2.75) is 58.7 Å². The molecule has 0 fully saturated rings. The van der Waals surface area contributed by atoms with Gasteiger partial charge in [0.1, 0.15) is 0 Å². The second-order valence-corrected chi connectivity index (χ2v) is 10.1. The predicted molar refractivity (Wildman–Crippen MR) is 114 cm³/mol. The van der Waals surface area contributed by atoms with E-state index in [1.54, 1.807) is 18.4 Å². The molecule has 0 saturated carbocycles. The third-order valence-corrected chi connectivity index (χ3v) is 7.02. The average molecular weight is 440 g/mol. The minimum atomic E-state index is -4.14. The molecule has 1 aromatic heterocycles. The first-order valence-corrected chi connectivity index (χ1v) is 11.0. The minimum absolute atomic E-state index is 0.0466. The van der Waals surface area contributed by atoms with Gasteiger partial charge >= 0.3 is 12.1 Å². The fourth-order valence-corrected chi connectivity index (χ4v) is 5.50. The smallest absolute Gasteiger partial charge is 0.389 e. The zero-order chi connectivity index (χ0) is 22.1. The molecule has 0 saturated heterocycles. The van der Waals surface area contributed by atoms with Crippen LogP contribution in [0.15, 0.2) is 24.3 Å². The van der Waals surface area contributed by atoms with Crippen LogP contribution < -0.4 is 0 Å². The Bertz CT molecular complexity index is 918. The Labute approximate surface area is 179 Å². The van der Waals surface area contributed by atoms with E-state index in [2.05, 4.69) is 13.8 Å². The van der Waals surface area contributed by atoms with Crippen molar-refractivity contribution >= 4 is 17.3 Å². The van der Waals surface area contributed by atoms with Gasteiger partial charge in [0.05, 0.1) is 5.56 Å². The molecule has 0 spiro atoms. The molecule has 0 bridgehead atoms. The number of carboxylic acids is 1. The van der Waals surface area contributed by atoms with Crippen LogP contribution in [0.3, 0.4) is 0 Å². The quantitative estimate of drug-likeness (QED) is 0.542. The lowest BCUT2D eigenvalue weighted by Gasteiger charge is -2.29. The molecular weight excluding hydrogens is 411 g/mol. The van der Waals surface area contributed by atoms with Crippen LogP contribution in [0.25, 0.3) is 10.4 Å². The zero-order valence-electron chi connectivity index (χ0n) is 17.6. The summed E-state index contributed by atoms with van der Waals surface area (Å²) in [7, 11) is 1.80. The van der Waals surface area contributed by atoms with E-state index >= 15 is 0 Å². The first kappa shape index (κ1) is 22.8. The number of rotatable bonds is 7. The molecule has 0 unspecified atom stereocenters. The number of aryl methyl sites for hydroxylation is 1. The van der Waals surface area contributed by atoms with Gasteiger partial charge < -0.3 is 10.0 Å². The van der Waals surface area contributed by atoms with Crippen molar-refractivity contribution in [1.29, 1.82) is 0 Å². The van der Waals surface area contributed by atoms with Gasteiger partial charge in [-0.1, -0.05) is 38.1 Å². The van der Waals surface area contributed by atoms with E-state index in [-0.39, 0.29) is 11.8 Å². The van der Waals surface area contributed by atoms with Crippen molar-refractivity contribution in [3.63, 3.8) is 0 Å². The van der Waals surface area contributed by atoms with Crippen molar-refractivity contribution < 1.29 is 23.1 Å². The van der Waals surface area contributed by atoms with Crippen LogP contribution in [0.5, 0.6) is 0 Å². The van der Waals surface area contributed by atoms with Crippen LogP contribution in [0.1, 0.15) is 59.5 Å². The maximum atomic E-state index is 12.4. The summed E-state index contributed by atoms with van der Waals surface area (Å²) < 4.78 is 37.3. The Kier molecular flexibility index (Phi) is 6.63. The largest absolute Gasteiger partial charge is 0.478 e. The molecule has 1 N–H and O–H groups in total. The highest BCUT2D eigenvalue weighted by Crippen LogP contribution is 2.45. The van der Waals surface area contributed by atoms with Crippen LogP contribution in [0, 0.1) is 5.41 Å². The Morgan fingerprint density at radius 3 is 2.63 bits per heavy atom. The van der Waals surface area contributed by atoms with Crippen LogP contribution in [-0.4, -0.2) is 35.7 Å². The molecule has 0 radical (unpaired) electrons. The molecule has 164 valence electrons. The SMILES string of the molecule is CN(CCCC(F)(F)F)Cc1ccccc1-c1sc2c(c1C(=O)O)CC(C)(C)CC2. The zero-order valence-corrected chi connectivity index (χ0v) is 18.4. The predicted octanol–water partition coefficient (Wildman–Crippen LogP) is 6.40. The van der Waals surface area contributed by atoms with E-state index in [4.69, 9.17) is 0 Å². The summed E-state index contributed by atoms with van der Waals surface area (Å²) in [5.74, 6) is -0.909. The summed E-state index contributed by atoms with van der Waals surface area (Å²) in [6, 6.07) is 7.63. The number of halogens is 3. The topological polar surface area (TPSA) is 40.5 Å². The van der Waals surface area contributed by atoms with E-state index < -0.39 is 18.6 Å². The van der Waals surface area contributed by atoms with Crippen molar-refractivity contribution in [2.24, 2.45) is 5.41 Å². The lowest BCUT2D eigenvalue weighted by molar-refractivity contribution is -0.136. The Morgan fingerprint density at radius 1 is 1.27 bits per heavy atom. The van der Waals surface area contributed by atoms with E-state index in [9.17, 15) is 23.1 Å². The van der Waals surface area contributed by atoms with E-state index in [0.29, 0.717) is 18.7 Å². The molecule has 3 rings (SSSR count). The van der Waals surface area contributed by atoms with Gasteiger partial charge in [-0.15, -0.1) is 11.3 Å². The second kappa shape index (κ2) is 8.71. The second-order valence-electron chi connectivity index (χ2n) is 8.97. The summed E-state index contributed by atoms with van der Waals surface area (Å²) in [5.41, 5.74) is 3.23. The highest BCUT2D eigenvalue weighted by molar-refractivity contribution is 7.16. The molecule has 0 atom stereocenters. The van der Waals surface area contributed by atoms with E-state index in [1.807, 2.05) is 29.2 Å². The van der Waals surface area contributed by atoms with Gasteiger partial charge in [0.15, 0.2) is 0 Å². The monoisotopic (exact) mass is 439 g/mol. The number of alkyl halides is 3. The summed E-state index contributed by atoms with van der Waals surface area (Å²) in [6.45, 7) is 5.14. The maximum Gasteiger partial charge on any atom is 0.389 e. The van der Waals surface area contributed by atoms with Crippen molar-refractivity contribution in [2.75, 3.05) is 13.6 Å². The molecular formula is C23H28F3NO2S. The third-order valence-electron chi connectivity index (χ3n) is 5.69. The van der Waals surface area contributed by atoms with Gasteiger partial charge in [-0.3, -0.25) is 0 Å². The average Bonchev–Trinajstić information content (AvgIpc) is 2.98. The lowest BCUT2D eigenvalue weighted by Crippen LogP contribution is -2.22. The van der Waals surface area contributed by atoms with Crippen LogP contribution >= 0.6 is 11.3 Å². The molecule has 2 aromatic rings. The number of nitrogens with zero attached hydrogens (tertiary/aromatic N) is 1. The maximum absolute atomic E-state index is 12.4. The highest BCUT2D eigenvalue weighted by Gasteiger charge is 2.33. The molecule has 1 aliphatic rings. The molecule has 0 amide bonds. The van der Waals surface area contributed by atoms with Gasteiger partial charge in [0, 0.05) is 22.7 Å². The van der Waals surface area contributed by atoms with Crippen LogP contribution in [-0.2, 0) is 19.4 Å². The molecule has 0 aliphatic heterocycles. The number of carboxylic acid groups (broad SMARTS) is 1. The highest BCUT2D eigenvalue weighted by atomic mass is 32.1. The first-order chi connectivity index (χ1) is 14.0. The third kappa shape index (κ3) is 5.43. The van der Waals surface area contributed by atoms with Gasteiger partial charge in [0.2, 0.25) is 0 Å². The van der Waals surface area contributed by atoms with Gasteiger partial charge in [-0.25, -0.2) is 4.79 Å². The fourth-order valence-electron chi connectivity index (χ4n) is 4.13. The number of benzene rings is 1. The van der Waals surface area contributed by atoms with E-state index in [1.165, 1.54) is 0 Å². The molecule has 3 nitrogen and oxygen atoms in total. The molecule has 30 heavy (non-hydrogen) atoms. The number of hydrogen-bond acceptors (Lipinski definition) is 3. The summed E-state index contributed by atoms with van der Waals surface area (Å²) in [4.78, 5) is 16.0. The number of hydrogen-bond donors (Lipinski definition) is 1. The Morgan fingerprint density at radius 2 is 1.97 bits per heavy atom. The number of fused-ring (bicyclic) bond motifs is 1. The van der Waals surface area contributed by atoms with Crippen molar-refractivity contribution in [3.05, 3.63) is 45.8 Å². The van der Waals surface area contributed by atoms with Crippen LogP contribution in [0.4, 0.5) is 13.2 Å². The van der Waals surface area contributed by atoms with Crippen molar-refractivity contribution in [1.82, 2.24) is 4.90 Å². The Hall–Kier alpha value is -1.86. The number of aromatic carboxylic acids is 1. The number of thiophene rings is 1. The summed E-state index contributed by atoms with van der Waals surface area (Å²) in [6.07, 6.45) is -2.23. The fraction of sp³-hybridized carbons (Fsp3) is 0.522. The molecule has 7 heteroatoms. The van der Waals surface area contributed by atoms with E-state index in [0.717, 1.165) is 45.7 Å². The van der Waals surface area contributed by atoms with Gasteiger partial charge in [0.25, 0.3) is 0 Å². The van der Waals surface area contributed by atoms with Crippen LogP contribution in [0.2, 0.25) is 0 Å². The van der Waals surface area contributed by atoms with Gasteiger partial charge in [-0.05, 0) is 61.4 Å². The number of carbonyl (C=O) groups is 1. The summed E-state index contributed by atoms with van der Waals surface area (Å²) in [5, 5.41) is 10.00. The lowest BCUT2D eigenvalue weighted by atomic mass is 9.76. The Balaban J connectivity index is 1.89. The normalized spacial score (nSPS) is 16.0.